The van der Waals surface area contributed by atoms with Crippen LogP contribution in [0.15, 0.2) is 24.3 Å². The third-order valence-electron chi connectivity index (χ3n) is 2.82. The molecule has 3 N–H and O–H groups in total. The molecule has 0 fully saturated rings. The van der Waals surface area contributed by atoms with Gasteiger partial charge >= 0.3 is 0 Å². The van der Waals surface area contributed by atoms with E-state index in [1.807, 2.05) is 31.2 Å². The molecule has 1 rings (SSSR count). The Kier molecular flexibility index (Phi) is 6.36. The molecule has 0 aliphatic rings. The van der Waals surface area contributed by atoms with Gasteiger partial charge < -0.3 is 15.8 Å². The normalized spacial score (nSPS) is 12.3. The summed E-state index contributed by atoms with van der Waals surface area (Å²) in [7, 11) is 0. The van der Waals surface area contributed by atoms with E-state index in [2.05, 4.69) is 19.2 Å². The van der Waals surface area contributed by atoms with Crippen LogP contribution >= 0.6 is 0 Å². The summed E-state index contributed by atoms with van der Waals surface area (Å²) in [4.78, 5) is 11.6. The van der Waals surface area contributed by atoms with Gasteiger partial charge in [0.2, 0.25) is 0 Å². The second-order valence-corrected chi connectivity index (χ2v) is 5.04. The Morgan fingerprint density at radius 1 is 1.37 bits per heavy atom. The molecule has 0 spiro atoms. The monoisotopic (exact) mass is 264 g/mol. The number of nitrogens with two attached hydrogens (primary N) is 1. The zero-order valence-corrected chi connectivity index (χ0v) is 12.0. The van der Waals surface area contributed by atoms with E-state index in [-0.39, 0.29) is 18.6 Å². The SMILES string of the molecule is CCC(N)c1ccccc1OCC(=O)NCC(C)C. The van der Waals surface area contributed by atoms with Gasteiger partial charge in [0.1, 0.15) is 5.75 Å². The fourth-order valence-electron chi connectivity index (χ4n) is 1.65. The number of ether oxygens (including phenoxy) is 1. The number of amides is 1. The first-order valence-electron chi connectivity index (χ1n) is 6.78. The Balaban J connectivity index is 2.55. The molecule has 0 radical (unpaired) electrons. The van der Waals surface area contributed by atoms with Crippen LogP contribution in [0.4, 0.5) is 0 Å². The first kappa shape index (κ1) is 15.5. The number of benzene rings is 1. The Morgan fingerprint density at radius 3 is 2.68 bits per heavy atom. The molecule has 0 aliphatic heterocycles. The average molecular weight is 264 g/mol. The highest BCUT2D eigenvalue weighted by molar-refractivity contribution is 5.77. The number of hydrogen-bond donors (Lipinski definition) is 2. The van der Waals surface area contributed by atoms with E-state index >= 15 is 0 Å². The summed E-state index contributed by atoms with van der Waals surface area (Å²) in [5.74, 6) is 1.02. The summed E-state index contributed by atoms with van der Waals surface area (Å²) in [5.41, 5.74) is 6.97. The second kappa shape index (κ2) is 7.79. The van der Waals surface area contributed by atoms with E-state index < -0.39 is 0 Å². The minimum atomic E-state index is -0.103. The fourth-order valence-corrected chi connectivity index (χ4v) is 1.65. The highest BCUT2D eigenvalue weighted by Crippen LogP contribution is 2.25. The van der Waals surface area contributed by atoms with E-state index in [0.717, 1.165) is 12.0 Å². The Morgan fingerprint density at radius 2 is 2.05 bits per heavy atom. The first-order valence-corrected chi connectivity index (χ1v) is 6.78. The summed E-state index contributed by atoms with van der Waals surface area (Å²) >= 11 is 0. The van der Waals surface area contributed by atoms with Crippen molar-refractivity contribution in [3.63, 3.8) is 0 Å². The number of para-hydroxylation sites is 1. The van der Waals surface area contributed by atoms with Crippen LogP contribution in [0.2, 0.25) is 0 Å². The van der Waals surface area contributed by atoms with Crippen LogP contribution in [0, 0.1) is 5.92 Å². The van der Waals surface area contributed by atoms with Crippen LogP contribution in [0.1, 0.15) is 38.8 Å². The van der Waals surface area contributed by atoms with Crippen molar-refractivity contribution in [2.75, 3.05) is 13.2 Å². The fraction of sp³-hybridized carbons (Fsp3) is 0.533. The number of rotatable bonds is 7. The van der Waals surface area contributed by atoms with Gasteiger partial charge in [-0.3, -0.25) is 4.79 Å². The zero-order valence-electron chi connectivity index (χ0n) is 12.0. The molecule has 0 aliphatic carbocycles. The van der Waals surface area contributed by atoms with Gasteiger partial charge in [0, 0.05) is 18.2 Å². The quantitative estimate of drug-likeness (QED) is 0.794. The number of hydrogen-bond acceptors (Lipinski definition) is 3. The smallest absolute Gasteiger partial charge is 0.257 e. The van der Waals surface area contributed by atoms with Crippen LogP contribution in [0.25, 0.3) is 0 Å². The topological polar surface area (TPSA) is 64.3 Å². The van der Waals surface area contributed by atoms with Gasteiger partial charge in [0.05, 0.1) is 0 Å². The summed E-state index contributed by atoms with van der Waals surface area (Å²) in [6.45, 7) is 6.82. The van der Waals surface area contributed by atoms with Gasteiger partial charge in [0.25, 0.3) is 5.91 Å². The highest BCUT2D eigenvalue weighted by Gasteiger charge is 2.11. The molecule has 0 bridgehead atoms. The lowest BCUT2D eigenvalue weighted by Gasteiger charge is -2.15. The lowest BCUT2D eigenvalue weighted by atomic mass is 10.0. The van der Waals surface area contributed by atoms with Gasteiger partial charge in [-0.1, -0.05) is 39.0 Å². The number of carbonyl (C=O) groups is 1. The predicted octanol–water partition coefficient (Wildman–Crippen LogP) is 2.25. The molecular weight excluding hydrogens is 240 g/mol. The van der Waals surface area contributed by atoms with Crippen molar-refractivity contribution in [1.82, 2.24) is 5.32 Å². The molecule has 19 heavy (non-hydrogen) atoms. The van der Waals surface area contributed by atoms with Gasteiger partial charge in [-0.25, -0.2) is 0 Å². The van der Waals surface area contributed by atoms with Gasteiger partial charge in [-0.15, -0.1) is 0 Å². The van der Waals surface area contributed by atoms with Crippen LogP contribution < -0.4 is 15.8 Å². The maximum Gasteiger partial charge on any atom is 0.257 e. The molecule has 1 amide bonds. The minimum absolute atomic E-state index is 0.0279. The number of carbonyl (C=O) groups excluding carboxylic acids is 1. The molecule has 4 heteroatoms. The van der Waals surface area contributed by atoms with Crippen LogP contribution in [0.3, 0.4) is 0 Å². The molecule has 0 saturated heterocycles. The highest BCUT2D eigenvalue weighted by atomic mass is 16.5. The molecule has 106 valence electrons. The molecule has 0 aromatic heterocycles. The van der Waals surface area contributed by atoms with Gasteiger partial charge in [-0.2, -0.15) is 0 Å². The Hall–Kier alpha value is -1.55. The van der Waals surface area contributed by atoms with Crippen molar-refractivity contribution < 1.29 is 9.53 Å². The van der Waals surface area contributed by atoms with E-state index in [9.17, 15) is 4.79 Å². The van der Waals surface area contributed by atoms with E-state index in [0.29, 0.717) is 18.2 Å². The third-order valence-corrected chi connectivity index (χ3v) is 2.82. The molecule has 0 heterocycles. The molecule has 4 nitrogen and oxygen atoms in total. The van der Waals surface area contributed by atoms with E-state index in [1.165, 1.54) is 0 Å². The minimum Gasteiger partial charge on any atom is -0.483 e. The first-order chi connectivity index (χ1) is 9.04. The van der Waals surface area contributed by atoms with Crippen molar-refractivity contribution in [2.45, 2.75) is 33.2 Å². The second-order valence-electron chi connectivity index (χ2n) is 5.04. The van der Waals surface area contributed by atoms with Crippen molar-refractivity contribution in [1.29, 1.82) is 0 Å². The predicted molar refractivity (Wildman–Crippen MR) is 77.0 cm³/mol. The van der Waals surface area contributed by atoms with Crippen molar-refractivity contribution in [3.8, 4) is 5.75 Å². The largest absolute Gasteiger partial charge is 0.483 e. The summed E-state index contributed by atoms with van der Waals surface area (Å²) in [6, 6.07) is 7.54. The third kappa shape index (κ3) is 5.30. The van der Waals surface area contributed by atoms with Crippen LogP contribution in [0.5, 0.6) is 5.75 Å². The zero-order chi connectivity index (χ0) is 14.3. The average Bonchev–Trinajstić information content (AvgIpc) is 2.42. The Bertz CT molecular complexity index is 405. The Labute approximate surface area is 115 Å². The van der Waals surface area contributed by atoms with E-state index in [1.54, 1.807) is 0 Å². The molecule has 1 atom stereocenters. The molecule has 1 unspecified atom stereocenters. The van der Waals surface area contributed by atoms with Crippen molar-refractivity contribution in [3.05, 3.63) is 29.8 Å². The van der Waals surface area contributed by atoms with Crippen LogP contribution in [-0.2, 0) is 4.79 Å². The maximum absolute atomic E-state index is 11.6. The molecule has 0 saturated carbocycles. The maximum atomic E-state index is 11.6. The van der Waals surface area contributed by atoms with Crippen LogP contribution in [-0.4, -0.2) is 19.1 Å². The van der Waals surface area contributed by atoms with Gasteiger partial charge in [-0.05, 0) is 18.4 Å². The molecule has 1 aromatic rings. The summed E-state index contributed by atoms with van der Waals surface area (Å²) < 4.78 is 5.56. The summed E-state index contributed by atoms with van der Waals surface area (Å²) in [6.07, 6.45) is 0.833. The van der Waals surface area contributed by atoms with Gasteiger partial charge in [0.15, 0.2) is 6.61 Å². The summed E-state index contributed by atoms with van der Waals surface area (Å²) in [5, 5.41) is 2.82. The standard InChI is InChI=1S/C15H24N2O2/c1-4-13(16)12-7-5-6-8-14(12)19-10-15(18)17-9-11(2)3/h5-8,11,13H,4,9-10,16H2,1-3H3,(H,17,18). The van der Waals surface area contributed by atoms with E-state index in [4.69, 9.17) is 10.5 Å². The van der Waals surface area contributed by atoms with Crippen molar-refractivity contribution in [2.24, 2.45) is 11.7 Å². The van der Waals surface area contributed by atoms with Crippen molar-refractivity contribution >= 4 is 5.91 Å². The molecule has 1 aromatic carbocycles. The number of nitrogens with one attached hydrogen (secondary N) is 1. The lowest BCUT2D eigenvalue weighted by Crippen LogP contribution is -2.32. The lowest BCUT2D eigenvalue weighted by molar-refractivity contribution is -0.123. The molecular formula is C15H24N2O2.